The molecule has 0 aromatic heterocycles. The summed E-state index contributed by atoms with van der Waals surface area (Å²) in [7, 11) is 0. The summed E-state index contributed by atoms with van der Waals surface area (Å²) in [6, 6.07) is 7.97. The molecule has 94 valence electrons. The Labute approximate surface area is 103 Å². The number of nitrogens with zero attached hydrogens (tertiary/aromatic N) is 1. The number of benzene rings is 1. The van der Waals surface area contributed by atoms with Crippen LogP contribution in [0.2, 0.25) is 0 Å². The van der Waals surface area contributed by atoms with Gasteiger partial charge in [-0.1, -0.05) is 19.1 Å². The van der Waals surface area contributed by atoms with E-state index in [4.69, 9.17) is 0 Å². The molecule has 1 aromatic carbocycles. The monoisotopic (exact) mass is 235 g/mol. The van der Waals surface area contributed by atoms with Crippen LogP contribution >= 0.6 is 0 Å². The van der Waals surface area contributed by atoms with Gasteiger partial charge in [-0.15, -0.1) is 0 Å². The van der Waals surface area contributed by atoms with Gasteiger partial charge in [-0.3, -0.25) is 0 Å². The maximum absolute atomic E-state index is 11.5. The fraction of sp³-hybridized carbons (Fsp3) is 0.500. The molecule has 0 aliphatic rings. The van der Waals surface area contributed by atoms with Crippen LogP contribution in [0.3, 0.4) is 0 Å². The second-order valence-corrected chi connectivity index (χ2v) is 4.52. The van der Waals surface area contributed by atoms with Gasteiger partial charge in [0.25, 0.3) is 0 Å². The van der Waals surface area contributed by atoms with E-state index in [1.807, 2.05) is 49.9 Å². The van der Waals surface area contributed by atoms with Crippen LogP contribution in [-0.2, 0) is 4.79 Å². The summed E-state index contributed by atoms with van der Waals surface area (Å²) in [5.74, 6) is -0.775. The van der Waals surface area contributed by atoms with Crippen LogP contribution in [0.15, 0.2) is 24.3 Å². The maximum Gasteiger partial charge on any atom is 0.329 e. The van der Waals surface area contributed by atoms with E-state index < -0.39 is 11.5 Å². The summed E-state index contributed by atoms with van der Waals surface area (Å²) >= 11 is 0. The van der Waals surface area contributed by atoms with Crippen LogP contribution in [0.4, 0.5) is 5.69 Å². The van der Waals surface area contributed by atoms with E-state index in [1.54, 1.807) is 6.92 Å². The fourth-order valence-electron chi connectivity index (χ4n) is 2.07. The molecule has 0 bridgehead atoms. The lowest BCUT2D eigenvalue weighted by Crippen LogP contribution is -2.52. The molecule has 0 heterocycles. The van der Waals surface area contributed by atoms with Gasteiger partial charge in [0, 0.05) is 12.2 Å². The molecular formula is C14H21NO2. The molecule has 0 saturated carbocycles. The standard InChI is InChI=1S/C14H21NO2/c1-5-14(4,13(16)17)15(6-2)12-9-7-8-11(3)10-12/h7-10H,5-6H2,1-4H3,(H,16,17). The molecule has 1 rings (SSSR count). The van der Waals surface area contributed by atoms with Crippen LogP contribution in [0.1, 0.15) is 32.8 Å². The molecule has 1 atom stereocenters. The Hall–Kier alpha value is -1.51. The minimum atomic E-state index is -0.845. The predicted molar refractivity (Wildman–Crippen MR) is 70.5 cm³/mol. The third-order valence-corrected chi connectivity index (χ3v) is 3.37. The van der Waals surface area contributed by atoms with Gasteiger partial charge >= 0.3 is 5.97 Å². The van der Waals surface area contributed by atoms with E-state index >= 15 is 0 Å². The Bertz CT molecular complexity index is 403. The second kappa shape index (κ2) is 5.21. The first-order valence-corrected chi connectivity index (χ1v) is 6.03. The fourth-order valence-corrected chi connectivity index (χ4v) is 2.07. The van der Waals surface area contributed by atoms with Crippen molar-refractivity contribution >= 4 is 11.7 Å². The van der Waals surface area contributed by atoms with E-state index in [-0.39, 0.29) is 0 Å². The zero-order chi connectivity index (χ0) is 13.1. The highest BCUT2D eigenvalue weighted by molar-refractivity contribution is 5.83. The molecule has 1 N–H and O–H groups in total. The third kappa shape index (κ3) is 2.60. The van der Waals surface area contributed by atoms with Crippen molar-refractivity contribution in [1.29, 1.82) is 0 Å². The van der Waals surface area contributed by atoms with E-state index in [1.165, 1.54) is 0 Å². The lowest BCUT2D eigenvalue weighted by Gasteiger charge is -2.38. The van der Waals surface area contributed by atoms with Gasteiger partial charge in [0.2, 0.25) is 0 Å². The summed E-state index contributed by atoms with van der Waals surface area (Å²) in [6.07, 6.45) is 0.574. The summed E-state index contributed by atoms with van der Waals surface area (Å²) in [5.41, 5.74) is 1.27. The highest BCUT2D eigenvalue weighted by Gasteiger charge is 2.37. The van der Waals surface area contributed by atoms with Crippen molar-refractivity contribution in [1.82, 2.24) is 0 Å². The molecule has 3 heteroatoms. The van der Waals surface area contributed by atoms with Crippen LogP contribution in [0.25, 0.3) is 0 Å². The van der Waals surface area contributed by atoms with Crippen molar-refractivity contribution in [3.8, 4) is 0 Å². The maximum atomic E-state index is 11.5. The Kier molecular flexibility index (Phi) is 4.16. The molecule has 0 aliphatic carbocycles. The van der Waals surface area contributed by atoms with Gasteiger partial charge < -0.3 is 10.0 Å². The summed E-state index contributed by atoms with van der Waals surface area (Å²) in [5, 5.41) is 9.42. The number of anilines is 1. The molecule has 1 aromatic rings. The lowest BCUT2D eigenvalue weighted by molar-refractivity contribution is -0.142. The van der Waals surface area contributed by atoms with Crippen LogP contribution < -0.4 is 4.90 Å². The van der Waals surface area contributed by atoms with Gasteiger partial charge in [0.15, 0.2) is 0 Å². The van der Waals surface area contributed by atoms with Gasteiger partial charge in [-0.25, -0.2) is 4.79 Å². The van der Waals surface area contributed by atoms with Crippen molar-refractivity contribution in [3.05, 3.63) is 29.8 Å². The van der Waals surface area contributed by atoms with E-state index in [0.29, 0.717) is 13.0 Å². The van der Waals surface area contributed by atoms with Crippen LogP contribution in [0, 0.1) is 6.92 Å². The first-order chi connectivity index (χ1) is 7.95. The lowest BCUT2D eigenvalue weighted by atomic mass is 9.95. The van der Waals surface area contributed by atoms with Gasteiger partial charge in [0.05, 0.1) is 0 Å². The minimum Gasteiger partial charge on any atom is -0.480 e. The molecule has 0 amide bonds. The quantitative estimate of drug-likeness (QED) is 0.852. The molecule has 1 unspecified atom stereocenters. The van der Waals surface area contributed by atoms with Crippen LogP contribution in [0.5, 0.6) is 0 Å². The van der Waals surface area contributed by atoms with E-state index in [9.17, 15) is 9.90 Å². The smallest absolute Gasteiger partial charge is 0.329 e. The highest BCUT2D eigenvalue weighted by Crippen LogP contribution is 2.27. The van der Waals surface area contributed by atoms with E-state index in [0.717, 1.165) is 11.3 Å². The van der Waals surface area contributed by atoms with Crippen molar-refractivity contribution in [3.63, 3.8) is 0 Å². The SMILES string of the molecule is CCN(c1cccc(C)c1)C(C)(CC)C(=O)O. The molecule has 0 fully saturated rings. The van der Waals surface area contributed by atoms with Crippen molar-refractivity contribution in [2.45, 2.75) is 39.7 Å². The average molecular weight is 235 g/mol. The molecule has 0 spiro atoms. The first kappa shape index (κ1) is 13.6. The minimum absolute atomic E-state index is 0.574. The predicted octanol–water partition coefficient (Wildman–Crippen LogP) is 3.07. The molecule has 0 aliphatic heterocycles. The molecular weight excluding hydrogens is 214 g/mol. The zero-order valence-corrected chi connectivity index (χ0v) is 11.0. The summed E-state index contributed by atoms with van der Waals surface area (Å²) in [6.45, 7) is 8.37. The number of likely N-dealkylation sites (N-methyl/N-ethyl adjacent to an activating group) is 1. The molecule has 17 heavy (non-hydrogen) atoms. The van der Waals surface area contributed by atoms with Gasteiger partial charge in [-0.05, 0) is 44.9 Å². The van der Waals surface area contributed by atoms with E-state index in [2.05, 4.69) is 0 Å². The topological polar surface area (TPSA) is 40.5 Å². The Balaban J connectivity index is 3.18. The average Bonchev–Trinajstić information content (AvgIpc) is 2.29. The zero-order valence-electron chi connectivity index (χ0n) is 11.0. The third-order valence-electron chi connectivity index (χ3n) is 3.37. The Morgan fingerprint density at radius 1 is 1.41 bits per heavy atom. The van der Waals surface area contributed by atoms with Gasteiger partial charge in [0.1, 0.15) is 5.54 Å². The number of aliphatic carboxylic acids is 1. The van der Waals surface area contributed by atoms with Crippen molar-refractivity contribution < 1.29 is 9.90 Å². The summed E-state index contributed by atoms with van der Waals surface area (Å²) in [4.78, 5) is 13.4. The normalized spacial score (nSPS) is 14.1. The number of hydrogen-bond acceptors (Lipinski definition) is 2. The number of carboxylic acids is 1. The Morgan fingerprint density at radius 3 is 2.47 bits per heavy atom. The Morgan fingerprint density at radius 2 is 2.06 bits per heavy atom. The first-order valence-electron chi connectivity index (χ1n) is 6.03. The van der Waals surface area contributed by atoms with Gasteiger partial charge in [-0.2, -0.15) is 0 Å². The van der Waals surface area contributed by atoms with Crippen molar-refractivity contribution in [2.24, 2.45) is 0 Å². The largest absolute Gasteiger partial charge is 0.480 e. The number of carbonyl (C=O) groups is 1. The molecule has 0 saturated heterocycles. The number of carboxylic acid groups (broad SMARTS) is 1. The second-order valence-electron chi connectivity index (χ2n) is 4.52. The summed E-state index contributed by atoms with van der Waals surface area (Å²) < 4.78 is 0. The molecule has 0 radical (unpaired) electrons. The van der Waals surface area contributed by atoms with Crippen molar-refractivity contribution in [2.75, 3.05) is 11.4 Å². The number of hydrogen-bond donors (Lipinski definition) is 1. The highest BCUT2D eigenvalue weighted by atomic mass is 16.4. The number of aryl methyl sites for hydroxylation is 1. The number of rotatable bonds is 5. The van der Waals surface area contributed by atoms with Crippen LogP contribution in [-0.4, -0.2) is 23.2 Å². The molecule has 3 nitrogen and oxygen atoms in total.